The smallest absolute Gasteiger partial charge is 0.270 e. The lowest BCUT2D eigenvalue weighted by molar-refractivity contribution is -0.113. The van der Waals surface area contributed by atoms with Gasteiger partial charge in [-0.2, -0.15) is 0 Å². The van der Waals surface area contributed by atoms with E-state index in [4.69, 9.17) is 33.3 Å². The Labute approximate surface area is 218 Å². The van der Waals surface area contributed by atoms with Crippen LogP contribution in [0.25, 0.3) is 16.8 Å². The van der Waals surface area contributed by atoms with Crippen molar-refractivity contribution in [1.29, 1.82) is 0 Å². The number of nitrogens with zero attached hydrogens (tertiary/aromatic N) is 1. The molecule has 4 nitrogen and oxygen atoms in total. The first-order valence-electron chi connectivity index (χ1n) is 10.8. The zero-order chi connectivity index (χ0) is 24.4. The number of carbonyl (C=O) groups is 1. The number of hydrogen-bond donors (Lipinski definition) is 0. The molecule has 0 spiro atoms. The number of anilines is 1. The van der Waals surface area contributed by atoms with Crippen molar-refractivity contribution in [3.05, 3.63) is 106 Å². The number of hydrogen-bond acceptors (Lipinski definition) is 5. The number of thiocarbonyl (C=S) groups is 1. The fourth-order valence-corrected chi connectivity index (χ4v) is 5.32. The van der Waals surface area contributed by atoms with E-state index >= 15 is 0 Å². The molecule has 35 heavy (non-hydrogen) atoms. The predicted octanol–water partition coefficient (Wildman–Crippen LogP) is 7.49. The molecule has 1 aliphatic heterocycles. The van der Waals surface area contributed by atoms with Gasteiger partial charge in [0, 0.05) is 5.02 Å². The molecule has 174 valence electrons. The number of fused-ring (bicyclic) bond motifs is 1. The van der Waals surface area contributed by atoms with Crippen LogP contribution >= 0.6 is 35.6 Å². The highest BCUT2D eigenvalue weighted by Crippen LogP contribution is 2.37. The number of benzene rings is 4. The van der Waals surface area contributed by atoms with Crippen LogP contribution in [0.5, 0.6) is 11.5 Å². The average Bonchev–Trinajstić information content (AvgIpc) is 3.16. The molecule has 0 aliphatic carbocycles. The minimum Gasteiger partial charge on any atom is -0.493 e. The Morgan fingerprint density at radius 2 is 1.74 bits per heavy atom. The maximum atomic E-state index is 13.1. The lowest BCUT2D eigenvalue weighted by Gasteiger charge is -2.14. The Bertz CT molecular complexity index is 1460. The highest BCUT2D eigenvalue weighted by atomic mass is 35.5. The quantitative estimate of drug-likeness (QED) is 0.196. The molecule has 4 aromatic rings. The maximum Gasteiger partial charge on any atom is 0.270 e. The third-order valence-corrected chi connectivity index (χ3v) is 7.18. The summed E-state index contributed by atoms with van der Waals surface area (Å²) in [5, 5.41) is 2.93. The van der Waals surface area contributed by atoms with Crippen molar-refractivity contribution in [3.8, 4) is 11.5 Å². The standard InChI is InChI=1S/C28H20ClNO3S2/c1-32-25-15-18(16-26-27(31)30(28(34)35-26)22-12-10-21(29)11-13-22)9-14-24(25)33-17-20-7-4-6-19-5-2-3-8-23(19)20/h2-16H,17H2,1H3/b26-16+. The van der Waals surface area contributed by atoms with Gasteiger partial charge >= 0.3 is 0 Å². The molecule has 0 bridgehead atoms. The number of rotatable bonds is 6. The molecule has 0 saturated carbocycles. The van der Waals surface area contributed by atoms with Gasteiger partial charge < -0.3 is 9.47 Å². The van der Waals surface area contributed by atoms with Crippen molar-refractivity contribution < 1.29 is 14.3 Å². The Morgan fingerprint density at radius 3 is 2.54 bits per heavy atom. The molecule has 4 aromatic carbocycles. The predicted molar refractivity (Wildman–Crippen MR) is 148 cm³/mol. The van der Waals surface area contributed by atoms with Gasteiger partial charge in [0.1, 0.15) is 6.61 Å². The average molecular weight is 518 g/mol. The Hall–Kier alpha value is -3.32. The van der Waals surface area contributed by atoms with E-state index in [0.29, 0.717) is 38.0 Å². The van der Waals surface area contributed by atoms with E-state index in [2.05, 4.69) is 24.3 Å². The van der Waals surface area contributed by atoms with Gasteiger partial charge in [0.05, 0.1) is 17.7 Å². The fraction of sp³-hybridized carbons (Fsp3) is 0.0714. The van der Waals surface area contributed by atoms with E-state index in [9.17, 15) is 4.79 Å². The highest BCUT2D eigenvalue weighted by molar-refractivity contribution is 8.27. The number of carbonyl (C=O) groups excluding carboxylic acids is 1. The topological polar surface area (TPSA) is 38.8 Å². The van der Waals surface area contributed by atoms with E-state index in [-0.39, 0.29) is 5.91 Å². The molecule has 0 unspecified atom stereocenters. The largest absolute Gasteiger partial charge is 0.493 e. The van der Waals surface area contributed by atoms with Gasteiger partial charge in [-0.05, 0) is 64.4 Å². The lowest BCUT2D eigenvalue weighted by atomic mass is 10.1. The third kappa shape index (κ3) is 4.91. The Kier molecular flexibility index (Phi) is 6.77. The van der Waals surface area contributed by atoms with Gasteiger partial charge in [-0.3, -0.25) is 9.69 Å². The van der Waals surface area contributed by atoms with Crippen LogP contribution in [-0.4, -0.2) is 17.3 Å². The molecule has 1 saturated heterocycles. The van der Waals surface area contributed by atoms with Crippen molar-refractivity contribution in [2.45, 2.75) is 6.61 Å². The lowest BCUT2D eigenvalue weighted by Crippen LogP contribution is -2.27. The number of thioether (sulfide) groups is 1. The van der Waals surface area contributed by atoms with Crippen molar-refractivity contribution in [2.75, 3.05) is 12.0 Å². The fourth-order valence-electron chi connectivity index (χ4n) is 3.90. The monoisotopic (exact) mass is 517 g/mol. The molecule has 7 heteroatoms. The zero-order valence-corrected chi connectivity index (χ0v) is 21.1. The van der Waals surface area contributed by atoms with Crippen LogP contribution in [-0.2, 0) is 11.4 Å². The first kappa shape index (κ1) is 23.4. The van der Waals surface area contributed by atoms with Crippen LogP contribution < -0.4 is 14.4 Å². The van der Waals surface area contributed by atoms with Crippen LogP contribution in [0.15, 0.2) is 89.8 Å². The van der Waals surface area contributed by atoms with Crippen molar-refractivity contribution in [3.63, 3.8) is 0 Å². The second kappa shape index (κ2) is 10.1. The first-order valence-corrected chi connectivity index (χ1v) is 12.4. The number of halogens is 1. The molecule has 0 N–H and O–H groups in total. The first-order chi connectivity index (χ1) is 17.0. The second-order valence-electron chi connectivity index (χ2n) is 7.83. The van der Waals surface area contributed by atoms with Crippen LogP contribution in [0.1, 0.15) is 11.1 Å². The van der Waals surface area contributed by atoms with Gasteiger partial charge in [0.25, 0.3) is 5.91 Å². The number of ether oxygens (including phenoxy) is 2. The summed E-state index contributed by atoms with van der Waals surface area (Å²) < 4.78 is 12.2. The van der Waals surface area contributed by atoms with E-state index in [0.717, 1.165) is 16.5 Å². The molecular formula is C28H20ClNO3S2. The molecular weight excluding hydrogens is 498 g/mol. The van der Waals surface area contributed by atoms with E-state index in [1.807, 2.05) is 42.5 Å². The summed E-state index contributed by atoms with van der Waals surface area (Å²) in [6.45, 7) is 0.414. The molecule has 0 radical (unpaired) electrons. The van der Waals surface area contributed by atoms with Crippen molar-refractivity contribution in [2.24, 2.45) is 0 Å². The summed E-state index contributed by atoms with van der Waals surface area (Å²) in [6, 6.07) is 27.0. The van der Waals surface area contributed by atoms with Crippen molar-refractivity contribution >= 4 is 68.3 Å². The molecule has 0 aromatic heterocycles. The highest BCUT2D eigenvalue weighted by Gasteiger charge is 2.33. The molecule has 1 amide bonds. The van der Waals surface area contributed by atoms with Crippen LogP contribution in [0.3, 0.4) is 0 Å². The van der Waals surface area contributed by atoms with Gasteiger partial charge in [-0.1, -0.05) is 84.1 Å². The summed E-state index contributed by atoms with van der Waals surface area (Å²) in [5.74, 6) is 1.05. The zero-order valence-electron chi connectivity index (χ0n) is 18.7. The van der Waals surface area contributed by atoms with Gasteiger partial charge in [0.2, 0.25) is 0 Å². The van der Waals surface area contributed by atoms with Crippen molar-refractivity contribution in [1.82, 2.24) is 0 Å². The summed E-state index contributed by atoms with van der Waals surface area (Å²) in [4.78, 5) is 15.1. The third-order valence-electron chi connectivity index (χ3n) is 5.63. The molecule has 0 atom stereocenters. The summed E-state index contributed by atoms with van der Waals surface area (Å²) in [6.07, 6.45) is 1.81. The molecule has 1 aliphatic rings. The van der Waals surface area contributed by atoms with Gasteiger partial charge in [-0.15, -0.1) is 0 Å². The summed E-state index contributed by atoms with van der Waals surface area (Å²) >= 11 is 12.7. The summed E-state index contributed by atoms with van der Waals surface area (Å²) in [5.41, 5.74) is 2.60. The number of methoxy groups -OCH3 is 1. The SMILES string of the molecule is COc1cc(/C=C2/SC(=S)N(c3ccc(Cl)cc3)C2=O)ccc1OCc1cccc2ccccc12. The minimum absolute atomic E-state index is 0.169. The van der Waals surface area contributed by atoms with E-state index < -0.39 is 0 Å². The van der Waals surface area contributed by atoms with Gasteiger partial charge in [0.15, 0.2) is 15.8 Å². The van der Waals surface area contributed by atoms with Crippen LogP contribution in [0.2, 0.25) is 5.02 Å². The van der Waals surface area contributed by atoms with E-state index in [1.165, 1.54) is 22.0 Å². The minimum atomic E-state index is -0.169. The Balaban J connectivity index is 1.36. The van der Waals surface area contributed by atoms with Gasteiger partial charge in [-0.25, -0.2) is 0 Å². The summed E-state index contributed by atoms with van der Waals surface area (Å²) in [7, 11) is 1.60. The van der Waals surface area contributed by atoms with E-state index in [1.54, 1.807) is 31.4 Å². The Morgan fingerprint density at radius 1 is 0.971 bits per heavy atom. The second-order valence-corrected chi connectivity index (χ2v) is 9.94. The number of amides is 1. The maximum absolute atomic E-state index is 13.1. The van der Waals surface area contributed by atoms with Crippen LogP contribution in [0.4, 0.5) is 5.69 Å². The normalized spacial score (nSPS) is 14.7. The molecule has 1 heterocycles. The van der Waals surface area contributed by atoms with Crippen LogP contribution in [0, 0.1) is 0 Å². The molecule has 5 rings (SSSR count). The molecule has 1 fully saturated rings.